The topological polar surface area (TPSA) is 84.1 Å². The molecule has 3 N–H and O–H groups in total. The zero-order valence-electron chi connectivity index (χ0n) is 13.0. The maximum Gasteiger partial charge on any atom is 0.276 e. The van der Waals surface area contributed by atoms with Gasteiger partial charge >= 0.3 is 0 Å². The molecule has 3 heterocycles. The maximum atomic E-state index is 12.2. The largest absolute Gasteiger partial charge is 0.370 e. The molecular formula is C16H21N5OS. The number of amides is 1. The highest BCUT2D eigenvalue weighted by atomic mass is 32.1. The van der Waals surface area contributed by atoms with E-state index in [2.05, 4.69) is 20.2 Å². The van der Waals surface area contributed by atoms with E-state index in [0.717, 1.165) is 23.8 Å². The highest BCUT2D eigenvalue weighted by molar-refractivity contribution is 7.09. The average molecular weight is 331 g/mol. The summed E-state index contributed by atoms with van der Waals surface area (Å²) in [4.78, 5) is 23.1. The third kappa shape index (κ3) is 4.05. The Morgan fingerprint density at radius 1 is 1.30 bits per heavy atom. The van der Waals surface area contributed by atoms with Gasteiger partial charge in [-0.25, -0.2) is 9.97 Å². The zero-order chi connectivity index (χ0) is 16.1. The second kappa shape index (κ2) is 7.52. The lowest BCUT2D eigenvalue weighted by Gasteiger charge is -2.28. The predicted octanol–water partition coefficient (Wildman–Crippen LogP) is 2.28. The van der Waals surface area contributed by atoms with Gasteiger partial charge in [-0.2, -0.15) is 0 Å². The summed E-state index contributed by atoms with van der Waals surface area (Å²) < 4.78 is 0. The first kappa shape index (κ1) is 15.9. The Hall–Kier alpha value is -1.99. The molecule has 0 aliphatic carbocycles. The van der Waals surface area contributed by atoms with Crippen LogP contribution in [-0.2, 0) is 6.42 Å². The number of anilines is 2. The molecule has 1 saturated heterocycles. The van der Waals surface area contributed by atoms with Crippen LogP contribution in [0, 0.1) is 0 Å². The van der Waals surface area contributed by atoms with Crippen molar-refractivity contribution < 1.29 is 4.79 Å². The predicted molar refractivity (Wildman–Crippen MR) is 93.1 cm³/mol. The van der Waals surface area contributed by atoms with Crippen LogP contribution in [0.1, 0.15) is 34.8 Å². The van der Waals surface area contributed by atoms with Crippen LogP contribution in [0.4, 0.5) is 11.5 Å². The van der Waals surface area contributed by atoms with Crippen molar-refractivity contribution in [2.75, 3.05) is 29.9 Å². The van der Waals surface area contributed by atoms with Crippen LogP contribution in [-0.4, -0.2) is 35.5 Å². The van der Waals surface area contributed by atoms with Crippen molar-refractivity contribution in [2.45, 2.75) is 25.7 Å². The van der Waals surface area contributed by atoms with Gasteiger partial charge in [0.2, 0.25) is 0 Å². The van der Waals surface area contributed by atoms with Crippen LogP contribution in [0.5, 0.6) is 0 Å². The third-order valence-corrected chi connectivity index (χ3v) is 4.76. The zero-order valence-corrected chi connectivity index (χ0v) is 13.8. The molecule has 1 aliphatic rings. The first-order valence-corrected chi connectivity index (χ1v) is 8.81. The summed E-state index contributed by atoms with van der Waals surface area (Å²) in [6, 6.07) is 3.85. The molecule has 23 heavy (non-hydrogen) atoms. The minimum atomic E-state index is -0.234. The van der Waals surface area contributed by atoms with Crippen LogP contribution in [0.2, 0.25) is 0 Å². The molecule has 6 nitrogen and oxygen atoms in total. The Balaban J connectivity index is 1.61. The van der Waals surface area contributed by atoms with Gasteiger partial charge in [-0.15, -0.1) is 11.3 Å². The third-order valence-electron chi connectivity index (χ3n) is 3.85. The van der Waals surface area contributed by atoms with Crippen molar-refractivity contribution in [3.63, 3.8) is 0 Å². The molecule has 1 aliphatic heterocycles. The number of piperidine rings is 1. The molecule has 1 amide bonds. The van der Waals surface area contributed by atoms with Crippen molar-refractivity contribution in [1.29, 1.82) is 0 Å². The number of nitrogens with one attached hydrogen (secondary N) is 1. The summed E-state index contributed by atoms with van der Waals surface area (Å²) in [5.74, 6) is 0.312. The molecule has 3 rings (SSSR count). The molecule has 0 aromatic carbocycles. The van der Waals surface area contributed by atoms with E-state index in [9.17, 15) is 4.79 Å². The van der Waals surface area contributed by atoms with E-state index >= 15 is 0 Å². The first-order valence-electron chi connectivity index (χ1n) is 7.93. The molecular weight excluding hydrogens is 310 g/mol. The lowest BCUT2D eigenvalue weighted by atomic mass is 10.1. The van der Waals surface area contributed by atoms with Crippen molar-refractivity contribution in [3.8, 4) is 0 Å². The van der Waals surface area contributed by atoms with Gasteiger partial charge in [0.1, 0.15) is 11.5 Å². The molecule has 0 spiro atoms. The highest BCUT2D eigenvalue weighted by Gasteiger charge is 2.13. The normalized spacial score (nSPS) is 14.7. The van der Waals surface area contributed by atoms with Gasteiger partial charge in [-0.1, -0.05) is 0 Å². The van der Waals surface area contributed by atoms with E-state index in [-0.39, 0.29) is 5.91 Å². The van der Waals surface area contributed by atoms with E-state index in [1.807, 2.05) is 18.3 Å². The van der Waals surface area contributed by atoms with Gasteiger partial charge in [-0.3, -0.25) is 4.79 Å². The van der Waals surface area contributed by atoms with Gasteiger partial charge in [0.15, 0.2) is 0 Å². The monoisotopic (exact) mass is 331 g/mol. The minimum absolute atomic E-state index is 0.234. The summed E-state index contributed by atoms with van der Waals surface area (Å²) >= 11 is 1.46. The van der Waals surface area contributed by atoms with Crippen molar-refractivity contribution in [3.05, 3.63) is 34.4 Å². The van der Waals surface area contributed by atoms with Crippen LogP contribution in [0.15, 0.2) is 23.7 Å². The molecule has 0 radical (unpaired) electrons. The number of aromatic nitrogens is 2. The van der Waals surface area contributed by atoms with Crippen LogP contribution >= 0.6 is 11.3 Å². The molecule has 0 atom stereocenters. The summed E-state index contributed by atoms with van der Waals surface area (Å²) in [6.45, 7) is 2.69. The Morgan fingerprint density at radius 3 is 2.83 bits per heavy atom. The van der Waals surface area contributed by atoms with E-state index in [1.54, 1.807) is 5.38 Å². The van der Waals surface area contributed by atoms with Crippen LogP contribution in [0.3, 0.4) is 0 Å². The number of carbonyl (C=O) groups is 1. The Kier molecular flexibility index (Phi) is 5.19. The quantitative estimate of drug-likeness (QED) is 0.878. The first-order chi connectivity index (χ1) is 11.3. The van der Waals surface area contributed by atoms with Gasteiger partial charge in [-0.05, 0) is 37.9 Å². The second-order valence-electron chi connectivity index (χ2n) is 5.57. The Bertz CT molecular complexity index is 649. The fraction of sp³-hybridized carbons (Fsp3) is 0.438. The average Bonchev–Trinajstić information content (AvgIpc) is 3.06. The number of rotatable bonds is 5. The lowest BCUT2D eigenvalue weighted by Crippen LogP contribution is -2.29. The number of pyridine rings is 1. The minimum Gasteiger partial charge on any atom is -0.370 e. The molecule has 0 bridgehead atoms. The molecule has 2 aromatic heterocycles. The summed E-state index contributed by atoms with van der Waals surface area (Å²) in [5, 5.41) is 5.42. The SMILES string of the molecule is NCCc1nc(C(=O)Nc2ccc(N3CCCCC3)cn2)cs1. The van der Waals surface area contributed by atoms with E-state index in [1.165, 1.54) is 30.6 Å². The number of thiazole rings is 1. The van der Waals surface area contributed by atoms with Crippen LogP contribution in [0.25, 0.3) is 0 Å². The van der Waals surface area contributed by atoms with Crippen molar-refractivity contribution in [1.82, 2.24) is 9.97 Å². The highest BCUT2D eigenvalue weighted by Crippen LogP contribution is 2.20. The second-order valence-corrected chi connectivity index (χ2v) is 6.51. The smallest absolute Gasteiger partial charge is 0.276 e. The molecule has 2 aromatic rings. The van der Waals surface area contributed by atoms with E-state index in [4.69, 9.17) is 5.73 Å². The van der Waals surface area contributed by atoms with Crippen LogP contribution < -0.4 is 16.0 Å². The number of carbonyl (C=O) groups excluding carboxylic acids is 1. The van der Waals surface area contributed by atoms with Gasteiger partial charge in [0.25, 0.3) is 5.91 Å². The maximum absolute atomic E-state index is 12.2. The molecule has 1 fully saturated rings. The summed E-state index contributed by atoms with van der Waals surface area (Å²) in [7, 11) is 0. The summed E-state index contributed by atoms with van der Waals surface area (Å²) in [6.07, 6.45) is 6.28. The number of nitrogens with two attached hydrogens (primary N) is 1. The summed E-state index contributed by atoms with van der Waals surface area (Å²) in [5.41, 5.74) is 7.03. The molecule has 0 saturated carbocycles. The molecule has 122 valence electrons. The fourth-order valence-corrected chi connectivity index (χ4v) is 3.43. The van der Waals surface area contributed by atoms with Gasteiger partial charge in [0.05, 0.1) is 16.9 Å². The lowest BCUT2D eigenvalue weighted by molar-refractivity contribution is 0.102. The standard InChI is InChI=1S/C16H21N5OS/c17-7-6-15-19-13(11-23-15)16(22)20-14-5-4-12(10-18-14)21-8-2-1-3-9-21/h4-5,10-11H,1-3,6-9,17H2,(H,18,20,22). The van der Waals surface area contributed by atoms with Crippen molar-refractivity contribution in [2.24, 2.45) is 5.73 Å². The van der Waals surface area contributed by atoms with Crippen molar-refractivity contribution >= 4 is 28.7 Å². The Morgan fingerprint density at radius 2 is 2.13 bits per heavy atom. The van der Waals surface area contributed by atoms with Gasteiger partial charge < -0.3 is 16.0 Å². The van der Waals surface area contributed by atoms with Gasteiger partial charge in [0, 0.05) is 24.9 Å². The van der Waals surface area contributed by atoms with E-state index in [0.29, 0.717) is 24.5 Å². The molecule has 7 heteroatoms. The molecule has 0 unspecified atom stereocenters. The number of hydrogen-bond acceptors (Lipinski definition) is 6. The number of nitrogens with zero attached hydrogens (tertiary/aromatic N) is 3. The fourth-order valence-electron chi connectivity index (χ4n) is 2.63. The number of hydrogen-bond donors (Lipinski definition) is 2. The Labute approximate surface area is 139 Å². The van der Waals surface area contributed by atoms with E-state index < -0.39 is 0 Å².